The third kappa shape index (κ3) is 5.05. The van der Waals surface area contributed by atoms with E-state index in [1.54, 1.807) is 0 Å². The van der Waals surface area contributed by atoms with Crippen LogP contribution >= 0.6 is 0 Å². The standard InChI is InChI=1S/C25H18N2/c1-27-25(19-26)24-17-22(14-12-20-8-4-2-5-9-20)16-23(18-24)15-13-21-10-6-3-7-11-21/h2-15,17-18H,16H2/b14-12+,15-13+. The lowest BCUT2D eigenvalue weighted by Crippen LogP contribution is -1.94. The monoisotopic (exact) mass is 346 g/mol. The van der Waals surface area contributed by atoms with Gasteiger partial charge in [-0.25, -0.2) is 10.1 Å². The Kier molecular flexibility index (Phi) is 5.97. The second kappa shape index (κ2) is 8.99. The lowest BCUT2D eigenvalue weighted by atomic mass is 9.92. The van der Waals surface area contributed by atoms with Crippen molar-refractivity contribution in [3.05, 3.63) is 130 Å². The minimum absolute atomic E-state index is 0.117. The molecule has 0 bridgehead atoms. The molecule has 2 nitrogen and oxygen atoms in total. The van der Waals surface area contributed by atoms with Crippen LogP contribution < -0.4 is 0 Å². The molecule has 2 heteroatoms. The Bertz CT molecular complexity index is 951. The molecule has 2 aromatic rings. The average molecular weight is 346 g/mol. The van der Waals surface area contributed by atoms with Crippen molar-refractivity contribution >= 4 is 12.2 Å². The van der Waals surface area contributed by atoms with Crippen molar-refractivity contribution in [2.45, 2.75) is 6.42 Å². The maximum Gasteiger partial charge on any atom is 0.268 e. The van der Waals surface area contributed by atoms with E-state index in [0.29, 0.717) is 5.57 Å². The number of benzene rings is 2. The molecule has 0 aliphatic heterocycles. The summed E-state index contributed by atoms with van der Waals surface area (Å²) in [7, 11) is 0. The fourth-order valence-corrected chi connectivity index (χ4v) is 2.82. The highest BCUT2D eigenvalue weighted by molar-refractivity contribution is 5.62. The van der Waals surface area contributed by atoms with Gasteiger partial charge in [-0.1, -0.05) is 97.1 Å². The first-order chi connectivity index (χ1) is 13.3. The zero-order valence-electron chi connectivity index (χ0n) is 14.8. The lowest BCUT2D eigenvalue weighted by molar-refractivity contribution is 1.17. The van der Waals surface area contributed by atoms with Gasteiger partial charge in [0.2, 0.25) is 0 Å². The fraction of sp³-hybridized carbons (Fsp3) is 0.0400. The molecular formula is C25H18N2. The Morgan fingerprint density at radius 1 is 0.815 bits per heavy atom. The van der Waals surface area contributed by atoms with E-state index in [-0.39, 0.29) is 5.70 Å². The number of allylic oxidation sites excluding steroid dienone is 8. The number of hydrogen-bond donors (Lipinski definition) is 0. The average Bonchev–Trinajstić information content (AvgIpc) is 2.73. The lowest BCUT2D eigenvalue weighted by Gasteiger charge is -2.13. The molecule has 2 aromatic carbocycles. The van der Waals surface area contributed by atoms with Crippen LogP contribution in [0.1, 0.15) is 17.5 Å². The second-order valence-corrected chi connectivity index (χ2v) is 6.13. The molecule has 0 N–H and O–H groups in total. The van der Waals surface area contributed by atoms with Crippen molar-refractivity contribution in [3.8, 4) is 6.07 Å². The van der Waals surface area contributed by atoms with E-state index in [4.69, 9.17) is 6.57 Å². The SMILES string of the molecule is [C-]#[N+]C(C#N)=C1C=C(/C=C/c2ccccc2)CC(/C=C/c2ccccc2)=C1. The van der Waals surface area contributed by atoms with Crippen molar-refractivity contribution in [3.63, 3.8) is 0 Å². The first kappa shape index (κ1) is 17.9. The Hall–Kier alpha value is -3.88. The van der Waals surface area contributed by atoms with E-state index in [0.717, 1.165) is 28.7 Å². The summed E-state index contributed by atoms with van der Waals surface area (Å²) in [6, 6.07) is 22.2. The molecule has 0 unspecified atom stereocenters. The Labute approximate surface area is 160 Å². The molecule has 0 saturated carbocycles. The summed E-state index contributed by atoms with van der Waals surface area (Å²) in [6.45, 7) is 7.25. The van der Waals surface area contributed by atoms with E-state index < -0.39 is 0 Å². The van der Waals surface area contributed by atoms with Gasteiger partial charge >= 0.3 is 0 Å². The van der Waals surface area contributed by atoms with Gasteiger partial charge in [-0.15, -0.1) is 0 Å². The van der Waals surface area contributed by atoms with Crippen LogP contribution in [0, 0.1) is 17.9 Å². The van der Waals surface area contributed by atoms with Crippen LogP contribution in [0.5, 0.6) is 0 Å². The molecule has 27 heavy (non-hydrogen) atoms. The molecule has 1 aliphatic carbocycles. The smallest absolute Gasteiger partial charge is 0.226 e. The maximum absolute atomic E-state index is 9.25. The van der Waals surface area contributed by atoms with Gasteiger partial charge in [0.25, 0.3) is 5.70 Å². The molecule has 0 amide bonds. The van der Waals surface area contributed by atoms with Crippen molar-refractivity contribution in [2.75, 3.05) is 0 Å². The van der Waals surface area contributed by atoms with Gasteiger partial charge in [-0.05, 0) is 34.3 Å². The quantitative estimate of drug-likeness (QED) is 0.467. The molecule has 0 atom stereocenters. The van der Waals surface area contributed by atoms with Crippen LogP contribution in [-0.2, 0) is 0 Å². The summed E-state index contributed by atoms with van der Waals surface area (Å²) in [5, 5.41) is 9.25. The van der Waals surface area contributed by atoms with Gasteiger partial charge in [-0.2, -0.15) is 0 Å². The van der Waals surface area contributed by atoms with E-state index in [2.05, 4.69) is 29.1 Å². The van der Waals surface area contributed by atoms with E-state index >= 15 is 0 Å². The van der Waals surface area contributed by atoms with Crippen molar-refractivity contribution in [1.82, 2.24) is 0 Å². The Morgan fingerprint density at radius 2 is 1.30 bits per heavy atom. The molecule has 128 valence electrons. The predicted molar refractivity (Wildman–Crippen MR) is 111 cm³/mol. The van der Waals surface area contributed by atoms with Crippen LogP contribution in [0.15, 0.2) is 107 Å². The number of rotatable bonds is 4. The van der Waals surface area contributed by atoms with Crippen molar-refractivity contribution in [2.24, 2.45) is 0 Å². The van der Waals surface area contributed by atoms with Gasteiger partial charge < -0.3 is 0 Å². The normalized spacial score (nSPS) is 13.8. The summed E-state index contributed by atoms with van der Waals surface area (Å²) in [5.41, 5.74) is 5.15. The first-order valence-electron chi connectivity index (χ1n) is 8.68. The van der Waals surface area contributed by atoms with Gasteiger partial charge in [0.15, 0.2) is 0 Å². The zero-order chi connectivity index (χ0) is 18.9. The van der Waals surface area contributed by atoms with Crippen LogP contribution in [-0.4, -0.2) is 0 Å². The van der Waals surface area contributed by atoms with E-state index in [9.17, 15) is 5.26 Å². The highest BCUT2D eigenvalue weighted by atomic mass is 14.7. The van der Waals surface area contributed by atoms with Gasteiger partial charge in [-0.3, -0.25) is 0 Å². The minimum atomic E-state index is 0.117. The van der Waals surface area contributed by atoms with Gasteiger partial charge in [0, 0.05) is 0 Å². The summed E-state index contributed by atoms with van der Waals surface area (Å²) < 4.78 is 0. The van der Waals surface area contributed by atoms with Gasteiger partial charge in [0.05, 0.1) is 12.6 Å². The Morgan fingerprint density at radius 3 is 1.70 bits per heavy atom. The molecular weight excluding hydrogens is 328 g/mol. The molecule has 1 aliphatic rings. The molecule has 0 radical (unpaired) electrons. The summed E-state index contributed by atoms with van der Waals surface area (Å²) in [5.74, 6) is 0. The van der Waals surface area contributed by atoms with Crippen molar-refractivity contribution < 1.29 is 0 Å². The first-order valence-corrected chi connectivity index (χ1v) is 8.68. The van der Waals surface area contributed by atoms with Crippen molar-refractivity contribution in [1.29, 1.82) is 5.26 Å². The largest absolute Gasteiger partial charge is 0.268 e. The van der Waals surface area contributed by atoms with Crippen LogP contribution in [0.3, 0.4) is 0 Å². The van der Waals surface area contributed by atoms with Gasteiger partial charge in [0.1, 0.15) is 0 Å². The maximum atomic E-state index is 9.25. The summed E-state index contributed by atoms with van der Waals surface area (Å²) in [4.78, 5) is 3.37. The Balaban J connectivity index is 1.90. The van der Waals surface area contributed by atoms with Crippen LogP contribution in [0.4, 0.5) is 0 Å². The molecule has 0 spiro atoms. The number of nitrogens with zero attached hydrogens (tertiary/aromatic N) is 2. The molecule has 3 rings (SSSR count). The molecule has 0 aromatic heterocycles. The second-order valence-electron chi connectivity index (χ2n) is 6.13. The third-order valence-corrected chi connectivity index (χ3v) is 4.16. The topological polar surface area (TPSA) is 28.1 Å². The van der Waals surface area contributed by atoms with Crippen LogP contribution in [0.25, 0.3) is 17.0 Å². The van der Waals surface area contributed by atoms with Crippen LogP contribution in [0.2, 0.25) is 0 Å². The fourth-order valence-electron chi connectivity index (χ4n) is 2.82. The number of nitriles is 1. The molecule has 0 saturated heterocycles. The summed E-state index contributed by atoms with van der Waals surface area (Å²) in [6.07, 6.45) is 12.8. The third-order valence-electron chi connectivity index (χ3n) is 4.16. The highest BCUT2D eigenvalue weighted by Crippen LogP contribution is 2.27. The molecule has 0 fully saturated rings. The minimum Gasteiger partial charge on any atom is -0.226 e. The van der Waals surface area contributed by atoms with E-state index in [1.807, 2.05) is 78.9 Å². The highest BCUT2D eigenvalue weighted by Gasteiger charge is 2.10. The zero-order valence-corrected chi connectivity index (χ0v) is 14.8. The molecule has 0 heterocycles. The predicted octanol–water partition coefficient (Wildman–Crippen LogP) is 6.37. The number of hydrogen-bond acceptors (Lipinski definition) is 1. The van der Waals surface area contributed by atoms with E-state index in [1.165, 1.54) is 0 Å². The summed E-state index contributed by atoms with van der Waals surface area (Å²) >= 11 is 0.